The predicted molar refractivity (Wildman–Crippen MR) is 114 cm³/mol. The molecule has 0 radical (unpaired) electrons. The summed E-state index contributed by atoms with van der Waals surface area (Å²) in [6.07, 6.45) is 0. The standard InChI is InChI=1S/C25H22O6/c1-12-8-10-18(26)21(14(12)3)25(22-15(4)13(2)9-11-19(22)27)17-7-5-6-16(23(28)29)20(17)24(30)31-25/h5-11,26-27H,1-4H3,(H,28,29). The highest BCUT2D eigenvalue weighted by Crippen LogP contribution is 2.54. The zero-order chi connectivity index (χ0) is 22.7. The van der Waals surface area contributed by atoms with Gasteiger partial charge >= 0.3 is 11.9 Å². The molecule has 6 heteroatoms. The summed E-state index contributed by atoms with van der Waals surface area (Å²) < 4.78 is 5.99. The quantitative estimate of drug-likeness (QED) is 0.542. The number of carboxylic acid groups (broad SMARTS) is 1. The molecule has 0 aromatic heterocycles. The second-order valence-electron chi connectivity index (χ2n) is 7.91. The molecule has 31 heavy (non-hydrogen) atoms. The topological polar surface area (TPSA) is 104 Å². The summed E-state index contributed by atoms with van der Waals surface area (Å²) in [5.41, 5.74) is 1.89. The highest BCUT2D eigenvalue weighted by atomic mass is 16.6. The highest BCUT2D eigenvalue weighted by molar-refractivity contribution is 6.06. The highest BCUT2D eigenvalue weighted by Gasteiger charge is 2.54. The molecule has 0 amide bonds. The molecule has 158 valence electrons. The molecule has 1 heterocycles. The van der Waals surface area contributed by atoms with Gasteiger partial charge in [0.2, 0.25) is 0 Å². The maximum absolute atomic E-state index is 13.1. The fraction of sp³-hybridized carbons (Fsp3) is 0.200. The second-order valence-corrected chi connectivity index (χ2v) is 7.91. The number of aromatic carboxylic acids is 1. The first-order valence-electron chi connectivity index (χ1n) is 9.80. The Morgan fingerprint density at radius 2 is 1.35 bits per heavy atom. The van der Waals surface area contributed by atoms with E-state index in [1.54, 1.807) is 32.0 Å². The number of hydrogen-bond acceptors (Lipinski definition) is 5. The summed E-state index contributed by atoms with van der Waals surface area (Å²) in [6.45, 7) is 7.31. The number of aromatic hydroxyl groups is 2. The van der Waals surface area contributed by atoms with Gasteiger partial charge in [-0.05, 0) is 68.1 Å². The first-order chi connectivity index (χ1) is 14.6. The predicted octanol–water partition coefficient (Wildman–Crippen LogP) is 4.49. The van der Waals surface area contributed by atoms with E-state index in [0.29, 0.717) is 22.3 Å². The minimum absolute atomic E-state index is 0.0874. The van der Waals surface area contributed by atoms with Gasteiger partial charge in [-0.1, -0.05) is 24.3 Å². The minimum atomic E-state index is -1.71. The van der Waals surface area contributed by atoms with Gasteiger partial charge in [-0.15, -0.1) is 0 Å². The average Bonchev–Trinajstić information content (AvgIpc) is 3.01. The fourth-order valence-electron chi connectivity index (χ4n) is 4.48. The Morgan fingerprint density at radius 1 is 0.839 bits per heavy atom. The van der Waals surface area contributed by atoms with E-state index >= 15 is 0 Å². The van der Waals surface area contributed by atoms with Gasteiger partial charge in [0.15, 0.2) is 5.60 Å². The van der Waals surface area contributed by atoms with Crippen molar-refractivity contribution in [1.29, 1.82) is 0 Å². The number of aryl methyl sites for hydroxylation is 2. The summed E-state index contributed by atoms with van der Waals surface area (Å²) in [7, 11) is 0. The Balaban J connectivity index is 2.26. The monoisotopic (exact) mass is 418 g/mol. The number of benzene rings is 3. The van der Waals surface area contributed by atoms with Crippen molar-refractivity contribution in [2.45, 2.75) is 33.3 Å². The van der Waals surface area contributed by atoms with Crippen molar-refractivity contribution in [3.8, 4) is 11.5 Å². The number of phenolic OH excluding ortho intramolecular Hbond substituents is 2. The molecule has 0 bridgehead atoms. The van der Waals surface area contributed by atoms with Gasteiger partial charge in [-0.2, -0.15) is 0 Å². The van der Waals surface area contributed by atoms with Crippen LogP contribution >= 0.6 is 0 Å². The van der Waals surface area contributed by atoms with Gasteiger partial charge in [-0.25, -0.2) is 9.59 Å². The van der Waals surface area contributed by atoms with Crippen molar-refractivity contribution in [3.05, 3.63) is 92.5 Å². The molecule has 1 aliphatic heterocycles. The maximum Gasteiger partial charge on any atom is 0.341 e. The number of hydrogen-bond donors (Lipinski definition) is 3. The molecule has 3 aromatic carbocycles. The first-order valence-corrected chi connectivity index (χ1v) is 9.80. The van der Waals surface area contributed by atoms with Crippen molar-refractivity contribution >= 4 is 11.9 Å². The number of fused-ring (bicyclic) bond motifs is 1. The molecule has 6 nitrogen and oxygen atoms in total. The van der Waals surface area contributed by atoms with Gasteiger partial charge in [0.05, 0.1) is 11.1 Å². The van der Waals surface area contributed by atoms with E-state index < -0.39 is 17.5 Å². The number of carbonyl (C=O) groups excluding carboxylic acids is 1. The van der Waals surface area contributed by atoms with Crippen LogP contribution in [0.15, 0.2) is 42.5 Å². The van der Waals surface area contributed by atoms with Crippen LogP contribution in [0.2, 0.25) is 0 Å². The Morgan fingerprint density at radius 3 is 1.84 bits per heavy atom. The number of esters is 1. The summed E-state index contributed by atoms with van der Waals surface area (Å²) >= 11 is 0. The maximum atomic E-state index is 13.1. The second kappa shape index (κ2) is 6.87. The van der Waals surface area contributed by atoms with E-state index in [-0.39, 0.29) is 28.2 Å². The van der Waals surface area contributed by atoms with Gasteiger partial charge in [0.1, 0.15) is 11.5 Å². The van der Waals surface area contributed by atoms with Gasteiger partial charge in [-0.3, -0.25) is 0 Å². The zero-order valence-corrected chi connectivity index (χ0v) is 17.6. The van der Waals surface area contributed by atoms with Gasteiger partial charge in [0.25, 0.3) is 0 Å². The number of cyclic esters (lactones) is 1. The van der Waals surface area contributed by atoms with Crippen LogP contribution in [-0.2, 0) is 10.3 Å². The SMILES string of the molecule is Cc1ccc(O)c(C2(c3c(O)ccc(C)c3C)OC(=O)c3c(C(=O)O)cccc32)c1C. The molecular weight excluding hydrogens is 396 g/mol. The Kier molecular flexibility index (Phi) is 4.54. The van der Waals surface area contributed by atoms with Crippen molar-refractivity contribution < 1.29 is 29.6 Å². The molecule has 0 atom stereocenters. The van der Waals surface area contributed by atoms with E-state index in [1.807, 2.05) is 13.8 Å². The third-order valence-corrected chi connectivity index (χ3v) is 6.26. The van der Waals surface area contributed by atoms with Crippen molar-refractivity contribution in [1.82, 2.24) is 0 Å². The molecule has 4 rings (SSSR count). The Bertz CT molecular complexity index is 1210. The zero-order valence-electron chi connectivity index (χ0n) is 17.6. The molecule has 0 unspecified atom stereocenters. The number of carbonyl (C=O) groups is 2. The first kappa shape index (κ1) is 20.5. The van der Waals surface area contributed by atoms with Gasteiger partial charge in [0, 0.05) is 16.7 Å². The molecule has 0 saturated heterocycles. The van der Waals surface area contributed by atoms with Gasteiger partial charge < -0.3 is 20.1 Å². The molecule has 3 aromatic rings. The van der Waals surface area contributed by atoms with E-state index in [1.165, 1.54) is 24.3 Å². The normalized spacial score (nSPS) is 14.3. The molecule has 3 N–H and O–H groups in total. The minimum Gasteiger partial charge on any atom is -0.507 e. The lowest BCUT2D eigenvalue weighted by Gasteiger charge is -2.34. The number of rotatable bonds is 3. The van der Waals surface area contributed by atoms with Crippen LogP contribution in [0, 0.1) is 27.7 Å². The van der Waals surface area contributed by atoms with Crippen LogP contribution in [0.1, 0.15) is 59.7 Å². The fourth-order valence-corrected chi connectivity index (χ4v) is 4.48. The smallest absolute Gasteiger partial charge is 0.341 e. The lowest BCUT2D eigenvalue weighted by Crippen LogP contribution is -2.32. The van der Waals surface area contributed by atoms with Crippen LogP contribution in [0.5, 0.6) is 11.5 Å². The average molecular weight is 418 g/mol. The molecule has 0 spiro atoms. The van der Waals surface area contributed by atoms with E-state index in [0.717, 1.165) is 11.1 Å². The van der Waals surface area contributed by atoms with Crippen LogP contribution < -0.4 is 0 Å². The van der Waals surface area contributed by atoms with Crippen LogP contribution in [0.25, 0.3) is 0 Å². The van der Waals surface area contributed by atoms with Crippen molar-refractivity contribution in [3.63, 3.8) is 0 Å². The molecule has 1 aliphatic rings. The Hall–Kier alpha value is -3.80. The van der Waals surface area contributed by atoms with E-state index in [4.69, 9.17) is 4.74 Å². The third kappa shape index (κ3) is 2.71. The van der Waals surface area contributed by atoms with E-state index in [9.17, 15) is 24.9 Å². The molecule has 0 fully saturated rings. The number of phenols is 2. The summed E-state index contributed by atoms with van der Waals surface area (Å²) in [6, 6.07) is 11.0. The summed E-state index contributed by atoms with van der Waals surface area (Å²) in [4.78, 5) is 25.0. The largest absolute Gasteiger partial charge is 0.507 e. The number of ether oxygens (including phenoxy) is 1. The molecule has 0 saturated carbocycles. The lowest BCUT2D eigenvalue weighted by molar-refractivity contribution is 0.0233. The number of carboxylic acids is 1. The Labute approximate surface area is 179 Å². The van der Waals surface area contributed by atoms with Crippen molar-refractivity contribution in [2.75, 3.05) is 0 Å². The molecular formula is C25H22O6. The van der Waals surface area contributed by atoms with Crippen molar-refractivity contribution in [2.24, 2.45) is 0 Å². The summed E-state index contributed by atoms with van der Waals surface area (Å²) in [5.74, 6) is -2.33. The summed E-state index contributed by atoms with van der Waals surface area (Å²) in [5, 5.41) is 31.6. The van der Waals surface area contributed by atoms with E-state index in [2.05, 4.69) is 0 Å². The van der Waals surface area contributed by atoms with Crippen LogP contribution in [-0.4, -0.2) is 27.3 Å². The molecule has 0 aliphatic carbocycles. The van der Waals surface area contributed by atoms with Crippen LogP contribution in [0.3, 0.4) is 0 Å². The third-order valence-electron chi connectivity index (χ3n) is 6.26. The lowest BCUT2D eigenvalue weighted by atomic mass is 9.74. The van der Waals surface area contributed by atoms with Crippen LogP contribution in [0.4, 0.5) is 0 Å².